The Morgan fingerprint density at radius 2 is 1.13 bits per heavy atom. The van der Waals surface area contributed by atoms with Crippen molar-refractivity contribution in [1.29, 1.82) is 0 Å². The van der Waals surface area contributed by atoms with E-state index >= 15 is 0 Å². The fourth-order valence-electron chi connectivity index (χ4n) is 7.05. The standard InChI is InChI=1S/C51H44N2O10/c1-2-56-34-61-47-25-13-40(14-26-47)37-7-19-44(20-8-37)57-30-41-28-53(63-50(41)54)43-17-5-36(6-18-43)27-35-3-15-42(16-4-35)52-29-48(62-51(52)55)31-58-45-21-9-38(10-22-45)39-11-23-46(24-12-39)59-32-49-33-60-49/h2-26,31,41,49H,1,27-30,32-34H2/b48-31-. The Morgan fingerprint density at radius 1 is 0.619 bits per heavy atom. The molecule has 63 heavy (non-hydrogen) atoms. The van der Waals surface area contributed by atoms with E-state index in [9.17, 15) is 9.59 Å². The number of ether oxygens (including phenoxy) is 7. The van der Waals surface area contributed by atoms with Crippen LogP contribution in [0.3, 0.4) is 0 Å². The van der Waals surface area contributed by atoms with E-state index < -0.39 is 12.0 Å². The number of hydrogen-bond donors (Lipinski definition) is 0. The van der Waals surface area contributed by atoms with E-state index in [0.29, 0.717) is 42.6 Å². The van der Waals surface area contributed by atoms with Crippen LogP contribution in [0.5, 0.6) is 23.0 Å². The van der Waals surface area contributed by atoms with Crippen molar-refractivity contribution in [3.63, 3.8) is 0 Å². The Labute approximate surface area is 364 Å². The molecule has 12 nitrogen and oxygen atoms in total. The van der Waals surface area contributed by atoms with Gasteiger partial charge in [0.05, 0.1) is 31.6 Å². The monoisotopic (exact) mass is 844 g/mol. The minimum atomic E-state index is -0.465. The number of benzene rings is 6. The molecule has 2 atom stereocenters. The van der Waals surface area contributed by atoms with E-state index in [0.717, 1.165) is 57.1 Å². The second-order valence-electron chi connectivity index (χ2n) is 15.1. The van der Waals surface area contributed by atoms with Crippen LogP contribution in [0.2, 0.25) is 0 Å². The number of nitrogens with zero attached hydrogens (tertiary/aromatic N) is 2. The quantitative estimate of drug-likeness (QED) is 0.0356. The predicted octanol–water partition coefficient (Wildman–Crippen LogP) is 9.74. The number of cyclic esters (lactones) is 1. The summed E-state index contributed by atoms with van der Waals surface area (Å²) in [5.74, 6) is 2.45. The van der Waals surface area contributed by atoms with Crippen molar-refractivity contribution in [1.82, 2.24) is 0 Å². The van der Waals surface area contributed by atoms with Gasteiger partial charge in [0.15, 0.2) is 5.76 Å². The topological polar surface area (TPSA) is 118 Å². The third kappa shape index (κ3) is 10.4. The van der Waals surface area contributed by atoms with Crippen LogP contribution in [-0.4, -0.2) is 57.9 Å². The predicted molar refractivity (Wildman–Crippen MR) is 236 cm³/mol. The summed E-state index contributed by atoms with van der Waals surface area (Å²) >= 11 is 0. The Balaban J connectivity index is 0.717. The number of amides is 1. The van der Waals surface area contributed by atoms with Crippen LogP contribution in [0.25, 0.3) is 22.3 Å². The van der Waals surface area contributed by atoms with Crippen LogP contribution in [0, 0.1) is 5.92 Å². The summed E-state index contributed by atoms with van der Waals surface area (Å²) in [5.41, 5.74) is 7.82. The van der Waals surface area contributed by atoms with Crippen molar-refractivity contribution in [3.8, 4) is 45.3 Å². The van der Waals surface area contributed by atoms with Crippen molar-refractivity contribution in [2.24, 2.45) is 5.92 Å². The molecular formula is C51H44N2O10. The molecule has 3 aliphatic rings. The molecule has 0 aromatic heterocycles. The molecule has 3 fully saturated rings. The smallest absolute Gasteiger partial charge is 0.420 e. The highest BCUT2D eigenvalue weighted by Crippen LogP contribution is 2.30. The molecule has 3 heterocycles. The molecule has 12 heteroatoms. The van der Waals surface area contributed by atoms with Crippen LogP contribution in [0.1, 0.15) is 11.1 Å². The Kier molecular flexibility index (Phi) is 12.2. The lowest BCUT2D eigenvalue weighted by Gasteiger charge is -2.16. The molecule has 6 aromatic carbocycles. The minimum absolute atomic E-state index is 0.107. The van der Waals surface area contributed by atoms with Gasteiger partial charge in [0.2, 0.25) is 6.79 Å². The fraction of sp³-hybridized carbons (Fsp3) is 0.176. The third-order valence-electron chi connectivity index (χ3n) is 10.7. The lowest BCUT2D eigenvalue weighted by molar-refractivity contribution is -0.142. The van der Waals surface area contributed by atoms with Gasteiger partial charge in [0.1, 0.15) is 54.5 Å². The van der Waals surface area contributed by atoms with Gasteiger partial charge in [-0.3, -0.25) is 4.90 Å². The zero-order chi connectivity index (χ0) is 43.0. The summed E-state index contributed by atoms with van der Waals surface area (Å²) in [4.78, 5) is 32.7. The average molecular weight is 845 g/mol. The van der Waals surface area contributed by atoms with Gasteiger partial charge in [-0.1, -0.05) is 79.4 Å². The van der Waals surface area contributed by atoms with Gasteiger partial charge in [-0.25, -0.2) is 14.7 Å². The zero-order valence-corrected chi connectivity index (χ0v) is 34.3. The number of anilines is 2. The van der Waals surface area contributed by atoms with Crippen LogP contribution in [-0.2, 0) is 30.3 Å². The molecule has 2 unspecified atom stereocenters. The number of carbonyl (C=O) groups is 2. The van der Waals surface area contributed by atoms with Crippen LogP contribution in [0.15, 0.2) is 170 Å². The van der Waals surface area contributed by atoms with Crippen molar-refractivity contribution in [2.75, 3.05) is 49.7 Å². The molecule has 0 saturated carbocycles. The summed E-state index contributed by atoms with van der Waals surface area (Å²) in [7, 11) is 0. The van der Waals surface area contributed by atoms with E-state index in [4.69, 9.17) is 38.0 Å². The highest BCUT2D eigenvalue weighted by molar-refractivity contribution is 5.91. The molecule has 0 aliphatic carbocycles. The Bertz CT molecular complexity index is 2540. The van der Waals surface area contributed by atoms with Crippen molar-refractivity contribution in [2.45, 2.75) is 12.5 Å². The maximum absolute atomic E-state index is 12.8. The molecule has 9 rings (SSSR count). The van der Waals surface area contributed by atoms with E-state index in [-0.39, 0.29) is 32.0 Å². The molecule has 0 N–H and O–H groups in total. The molecule has 318 valence electrons. The highest BCUT2D eigenvalue weighted by Gasteiger charge is 2.34. The number of epoxide rings is 1. The highest BCUT2D eigenvalue weighted by atomic mass is 16.7. The zero-order valence-electron chi connectivity index (χ0n) is 34.3. The van der Waals surface area contributed by atoms with Crippen molar-refractivity contribution in [3.05, 3.63) is 182 Å². The van der Waals surface area contributed by atoms with Crippen molar-refractivity contribution >= 4 is 23.4 Å². The molecule has 3 aliphatic heterocycles. The largest absolute Gasteiger partial charge is 0.493 e. The molecule has 0 spiro atoms. The summed E-state index contributed by atoms with van der Waals surface area (Å²) in [6, 6.07) is 46.8. The molecule has 0 bridgehead atoms. The Hall–Kier alpha value is -7.70. The molecule has 1 amide bonds. The van der Waals surface area contributed by atoms with Gasteiger partial charge >= 0.3 is 12.1 Å². The number of rotatable bonds is 18. The fourth-order valence-corrected chi connectivity index (χ4v) is 7.05. The van der Waals surface area contributed by atoms with Gasteiger partial charge in [0, 0.05) is 5.69 Å². The second-order valence-corrected chi connectivity index (χ2v) is 15.1. The van der Waals surface area contributed by atoms with E-state index in [2.05, 4.69) is 6.58 Å². The Morgan fingerprint density at radius 3 is 1.67 bits per heavy atom. The van der Waals surface area contributed by atoms with E-state index in [1.54, 1.807) is 9.96 Å². The van der Waals surface area contributed by atoms with Gasteiger partial charge < -0.3 is 38.0 Å². The summed E-state index contributed by atoms with van der Waals surface area (Å²) in [5, 5.41) is 1.61. The normalized spacial score (nSPS) is 17.2. The summed E-state index contributed by atoms with van der Waals surface area (Å²) < 4.78 is 38.8. The SMILES string of the molecule is C=COCOc1ccc(-c2ccc(OCC3CN(c4ccc(Cc5ccc(N6C/C(=C/Oc7ccc(-c8ccc(OCC9CO9)cc8)cc7)OC6=O)cc5)cc4)OC3=O)cc2)cc1. The number of hydrogen-bond acceptors (Lipinski definition) is 11. The first-order valence-electron chi connectivity index (χ1n) is 20.6. The lowest BCUT2D eigenvalue weighted by atomic mass is 10.0. The van der Waals surface area contributed by atoms with Crippen LogP contribution in [0.4, 0.5) is 16.2 Å². The van der Waals surface area contributed by atoms with Gasteiger partial charge in [0.25, 0.3) is 0 Å². The molecule has 3 saturated heterocycles. The van der Waals surface area contributed by atoms with E-state index in [1.807, 2.05) is 146 Å². The molecule has 6 aromatic rings. The molecule has 0 radical (unpaired) electrons. The van der Waals surface area contributed by atoms with Gasteiger partial charge in [-0.15, -0.1) is 0 Å². The lowest BCUT2D eigenvalue weighted by Crippen LogP contribution is -2.23. The minimum Gasteiger partial charge on any atom is -0.493 e. The first-order chi connectivity index (χ1) is 30.9. The maximum atomic E-state index is 12.8. The second kappa shape index (κ2) is 18.9. The van der Waals surface area contributed by atoms with E-state index in [1.165, 1.54) is 12.5 Å². The van der Waals surface area contributed by atoms with Crippen LogP contribution < -0.4 is 28.9 Å². The summed E-state index contributed by atoms with van der Waals surface area (Å²) in [6.07, 6.45) is 3.24. The number of hydroxylamine groups is 1. The van der Waals surface area contributed by atoms with Crippen molar-refractivity contribution < 1.29 is 47.6 Å². The number of carbonyl (C=O) groups excluding carboxylic acids is 2. The first-order valence-corrected chi connectivity index (χ1v) is 20.6. The average Bonchev–Trinajstić information content (AvgIpc) is 3.98. The van der Waals surface area contributed by atoms with Gasteiger partial charge in [-0.05, 0) is 113 Å². The summed E-state index contributed by atoms with van der Waals surface area (Å²) in [6.45, 7) is 5.77. The first kappa shape index (κ1) is 40.7. The maximum Gasteiger partial charge on any atom is 0.420 e. The van der Waals surface area contributed by atoms with Gasteiger partial charge in [-0.2, -0.15) is 0 Å². The molecular weight excluding hydrogens is 801 g/mol. The third-order valence-corrected chi connectivity index (χ3v) is 10.7. The van der Waals surface area contributed by atoms with Crippen LogP contribution >= 0.6 is 0 Å².